The monoisotopic (exact) mass is 300 g/mol. The number of fused-ring (bicyclic) bond motifs is 1. The van der Waals surface area contributed by atoms with Gasteiger partial charge in [0.2, 0.25) is 0 Å². The van der Waals surface area contributed by atoms with E-state index in [1.54, 1.807) is 0 Å². The van der Waals surface area contributed by atoms with Crippen molar-refractivity contribution in [3.63, 3.8) is 0 Å². The molecule has 0 saturated heterocycles. The molecule has 0 spiro atoms. The van der Waals surface area contributed by atoms with Crippen LogP contribution in [-0.4, -0.2) is 6.61 Å². The Labute approximate surface area is 115 Å². The van der Waals surface area contributed by atoms with E-state index in [2.05, 4.69) is 53.2 Å². The van der Waals surface area contributed by atoms with Gasteiger partial charge in [0.05, 0.1) is 0 Å². The lowest BCUT2D eigenvalue weighted by Gasteiger charge is -2.21. The fourth-order valence-corrected chi connectivity index (χ4v) is 2.75. The van der Waals surface area contributed by atoms with E-state index >= 15 is 0 Å². The fourth-order valence-electron chi connectivity index (χ4n) is 2.19. The van der Waals surface area contributed by atoms with Gasteiger partial charge in [0.1, 0.15) is 12.4 Å². The molecule has 1 aliphatic heterocycles. The van der Waals surface area contributed by atoms with Gasteiger partial charge in [0.25, 0.3) is 0 Å². The van der Waals surface area contributed by atoms with Crippen molar-refractivity contribution in [3.05, 3.63) is 69.7 Å². The summed E-state index contributed by atoms with van der Waals surface area (Å²) in [4.78, 5) is 0. The van der Waals surface area contributed by atoms with Crippen molar-refractivity contribution in [2.24, 2.45) is 0 Å². The maximum atomic E-state index is 5.71. The van der Waals surface area contributed by atoms with Gasteiger partial charge < -0.3 is 4.74 Å². The molecule has 0 aliphatic carbocycles. The summed E-state index contributed by atoms with van der Waals surface area (Å²) in [6.07, 6.45) is 0. The zero-order chi connectivity index (χ0) is 12.5. The molecule has 2 aromatic carbocycles. The van der Waals surface area contributed by atoms with Crippen LogP contribution in [0, 0.1) is 6.92 Å². The molecule has 1 heterocycles. The number of para-hydroxylation sites is 1. The lowest BCUT2D eigenvalue weighted by Crippen LogP contribution is -2.08. The summed E-state index contributed by atoms with van der Waals surface area (Å²) in [5, 5.41) is 0. The first kappa shape index (κ1) is 11.5. The Bertz CT molecular complexity index is 611. The van der Waals surface area contributed by atoms with Crippen molar-refractivity contribution in [1.29, 1.82) is 0 Å². The number of benzene rings is 2. The van der Waals surface area contributed by atoms with Crippen LogP contribution in [0.2, 0.25) is 0 Å². The average molecular weight is 301 g/mol. The summed E-state index contributed by atoms with van der Waals surface area (Å²) in [5.41, 5.74) is 4.88. The number of ether oxygens (including phenoxy) is 1. The van der Waals surface area contributed by atoms with Crippen LogP contribution in [0.1, 0.15) is 16.7 Å². The molecule has 0 amide bonds. The van der Waals surface area contributed by atoms with Gasteiger partial charge in [-0.15, -0.1) is 0 Å². The average Bonchev–Trinajstić information content (AvgIpc) is 2.40. The molecule has 90 valence electrons. The largest absolute Gasteiger partial charge is 0.488 e. The summed E-state index contributed by atoms with van der Waals surface area (Å²) in [6, 6.07) is 16.8. The maximum Gasteiger partial charge on any atom is 0.127 e. The number of hydrogen-bond acceptors (Lipinski definition) is 1. The van der Waals surface area contributed by atoms with Crippen LogP contribution >= 0.6 is 15.9 Å². The SMILES string of the molecule is Cc1ccc(C2=C(Br)COc3ccccc32)cc1. The van der Waals surface area contributed by atoms with Gasteiger partial charge in [-0.1, -0.05) is 64.0 Å². The Balaban J connectivity index is 2.17. The first-order chi connectivity index (χ1) is 8.75. The molecule has 2 aromatic rings. The molecular weight excluding hydrogens is 288 g/mol. The molecule has 1 aliphatic rings. The van der Waals surface area contributed by atoms with Crippen LogP contribution in [0.25, 0.3) is 5.57 Å². The summed E-state index contributed by atoms with van der Waals surface area (Å²) in [5.74, 6) is 0.955. The van der Waals surface area contributed by atoms with Crippen LogP contribution in [0.4, 0.5) is 0 Å². The Morgan fingerprint density at radius 1 is 1.00 bits per heavy atom. The van der Waals surface area contributed by atoms with Crippen molar-refractivity contribution in [2.75, 3.05) is 6.61 Å². The molecule has 0 fully saturated rings. The second kappa shape index (κ2) is 4.62. The Kier molecular flexibility index (Phi) is 2.96. The van der Waals surface area contributed by atoms with Gasteiger partial charge in [0.15, 0.2) is 0 Å². The number of hydrogen-bond donors (Lipinski definition) is 0. The van der Waals surface area contributed by atoms with E-state index in [4.69, 9.17) is 4.74 Å². The topological polar surface area (TPSA) is 9.23 Å². The van der Waals surface area contributed by atoms with Gasteiger partial charge in [-0.2, -0.15) is 0 Å². The third-order valence-corrected chi connectivity index (χ3v) is 3.75. The third kappa shape index (κ3) is 1.97. The van der Waals surface area contributed by atoms with Crippen LogP contribution in [0.5, 0.6) is 5.75 Å². The molecule has 1 nitrogen and oxygen atoms in total. The van der Waals surface area contributed by atoms with E-state index in [0.29, 0.717) is 6.61 Å². The fraction of sp³-hybridized carbons (Fsp3) is 0.125. The predicted molar refractivity (Wildman–Crippen MR) is 78.1 cm³/mol. The van der Waals surface area contributed by atoms with Gasteiger partial charge in [-0.3, -0.25) is 0 Å². The molecule has 0 atom stereocenters. The highest BCUT2D eigenvalue weighted by molar-refractivity contribution is 9.11. The quantitative estimate of drug-likeness (QED) is 0.751. The Morgan fingerprint density at radius 3 is 2.50 bits per heavy atom. The predicted octanol–water partition coefficient (Wildman–Crippen LogP) is 4.54. The molecule has 0 radical (unpaired) electrons. The Morgan fingerprint density at radius 2 is 1.72 bits per heavy atom. The van der Waals surface area contributed by atoms with Crippen molar-refractivity contribution >= 4 is 21.5 Å². The standard InChI is InChI=1S/C16H13BrO/c1-11-6-8-12(9-7-11)16-13-4-2-3-5-15(13)18-10-14(16)17/h2-9H,10H2,1H3. The van der Waals surface area contributed by atoms with Crippen LogP contribution in [0.15, 0.2) is 53.0 Å². The van der Waals surface area contributed by atoms with Crippen LogP contribution in [-0.2, 0) is 0 Å². The molecule has 0 aromatic heterocycles. The lowest BCUT2D eigenvalue weighted by molar-refractivity contribution is 0.355. The highest BCUT2D eigenvalue weighted by Crippen LogP contribution is 2.39. The molecular formula is C16H13BrO. The van der Waals surface area contributed by atoms with Crippen molar-refractivity contribution < 1.29 is 4.74 Å². The van der Waals surface area contributed by atoms with E-state index in [9.17, 15) is 0 Å². The van der Waals surface area contributed by atoms with Crippen molar-refractivity contribution in [2.45, 2.75) is 6.92 Å². The number of halogens is 1. The lowest BCUT2D eigenvalue weighted by atomic mass is 9.95. The second-order valence-electron chi connectivity index (χ2n) is 4.43. The van der Waals surface area contributed by atoms with Crippen LogP contribution < -0.4 is 4.74 Å². The van der Waals surface area contributed by atoms with E-state index in [1.165, 1.54) is 16.7 Å². The minimum absolute atomic E-state index is 0.597. The molecule has 0 unspecified atom stereocenters. The van der Waals surface area contributed by atoms with Crippen molar-refractivity contribution in [3.8, 4) is 5.75 Å². The highest BCUT2D eigenvalue weighted by Gasteiger charge is 2.19. The van der Waals surface area contributed by atoms with E-state index < -0.39 is 0 Å². The van der Waals surface area contributed by atoms with Gasteiger partial charge >= 0.3 is 0 Å². The van der Waals surface area contributed by atoms with Crippen molar-refractivity contribution in [1.82, 2.24) is 0 Å². The summed E-state index contributed by atoms with van der Waals surface area (Å²) >= 11 is 3.63. The molecule has 18 heavy (non-hydrogen) atoms. The highest BCUT2D eigenvalue weighted by atomic mass is 79.9. The zero-order valence-electron chi connectivity index (χ0n) is 10.1. The summed E-state index contributed by atoms with van der Waals surface area (Å²) in [6.45, 7) is 2.70. The first-order valence-corrected chi connectivity index (χ1v) is 6.73. The smallest absolute Gasteiger partial charge is 0.127 e. The summed E-state index contributed by atoms with van der Waals surface area (Å²) in [7, 11) is 0. The zero-order valence-corrected chi connectivity index (χ0v) is 11.7. The van der Waals surface area contributed by atoms with Crippen LogP contribution in [0.3, 0.4) is 0 Å². The number of rotatable bonds is 1. The van der Waals surface area contributed by atoms with E-state index in [0.717, 1.165) is 15.8 Å². The number of aryl methyl sites for hydroxylation is 1. The normalized spacial score (nSPS) is 14.1. The summed E-state index contributed by atoms with van der Waals surface area (Å²) < 4.78 is 6.81. The third-order valence-electron chi connectivity index (χ3n) is 3.12. The molecule has 0 saturated carbocycles. The van der Waals surface area contributed by atoms with Gasteiger partial charge in [-0.25, -0.2) is 0 Å². The van der Waals surface area contributed by atoms with Gasteiger partial charge in [-0.05, 0) is 18.6 Å². The second-order valence-corrected chi connectivity index (χ2v) is 5.39. The van der Waals surface area contributed by atoms with E-state index in [-0.39, 0.29) is 0 Å². The minimum Gasteiger partial charge on any atom is -0.488 e. The van der Waals surface area contributed by atoms with Gasteiger partial charge in [0, 0.05) is 15.6 Å². The van der Waals surface area contributed by atoms with E-state index in [1.807, 2.05) is 18.2 Å². The Hall–Kier alpha value is -1.54. The minimum atomic E-state index is 0.597. The molecule has 0 N–H and O–H groups in total. The first-order valence-electron chi connectivity index (χ1n) is 5.93. The molecule has 0 bridgehead atoms. The molecule has 2 heteroatoms. The molecule has 3 rings (SSSR count). The maximum absolute atomic E-state index is 5.71.